The van der Waals surface area contributed by atoms with E-state index >= 15 is 0 Å². The lowest BCUT2D eigenvalue weighted by Gasteiger charge is -2.15. The maximum absolute atomic E-state index is 11.3. The first-order valence-corrected chi connectivity index (χ1v) is 22.5. The van der Waals surface area contributed by atoms with Gasteiger partial charge in [0, 0.05) is 60.4 Å². The first-order valence-electron chi connectivity index (χ1n) is 22.5. The minimum absolute atomic E-state index is 0.440. The zero-order valence-corrected chi connectivity index (χ0v) is 36.6. The van der Waals surface area contributed by atoms with Crippen molar-refractivity contribution in [3.05, 3.63) is 217 Å². The Morgan fingerprint density at radius 2 is 0.710 bits per heavy atom. The second kappa shape index (κ2) is 15.5. The fourth-order valence-corrected chi connectivity index (χ4v) is 10.2. The molecule has 0 saturated heterocycles. The van der Waals surface area contributed by atoms with E-state index in [1.165, 1.54) is 0 Å². The maximum atomic E-state index is 11.3. The number of hydrogen-bond donors (Lipinski definition) is 0. The number of nitrogens with zero attached hydrogens (tertiary/aromatic N) is 9. The maximum Gasteiger partial charge on any atom is 0.164 e. The van der Waals surface area contributed by atoms with Crippen molar-refractivity contribution in [1.82, 2.24) is 28.7 Å². The van der Waals surface area contributed by atoms with Gasteiger partial charge in [-0.3, -0.25) is 0 Å². The Balaban J connectivity index is 1.19. The van der Waals surface area contributed by atoms with Gasteiger partial charge < -0.3 is 13.7 Å². The van der Waals surface area contributed by atoms with Crippen LogP contribution < -0.4 is 0 Å². The molecule has 0 amide bonds. The third-order valence-electron chi connectivity index (χ3n) is 13.2. The number of aromatic nitrogens is 6. The standard InChI is InChI=1S/C60H33N9/c61-34-37-23-28-43(29-24-37)67-49-20-10-7-17-45(49)52-55-53(46-18-8-11-21-50(46)68(55)44-30-25-38(35-62)26-31-44)57-54(56(52)67)47-19-9-12-22-51(47)69(57)48-32-27-41(33-42(48)36-63)60-65-58(39-13-3-1-4-14-39)64-59(66-60)40-15-5-2-6-16-40/h1-33H. The summed E-state index contributed by atoms with van der Waals surface area (Å²) < 4.78 is 6.88. The Labute approximate surface area is 394 Å². The summed E-state index contributed by atoms with van der Waals surface area (Å²) in [6.07, 6.45) is 0. The average molecular weight is 880 g/mol. The predicted molar refractivity (Wildman–Crippen MR) is 273 cm³/mol. The second-order valence-corrected chi connectivity index (χ2v) is 16.9. The molecule has 0 aliphatic heterocycles. The highest BCUT2D eigenvalue weighted by Crippen LogP contribution is 2.50. The lowest BCUT2D eigenvalue weighted by molar-refractivity contribution is 1.07. The molecule has 9 aromatic carbocycles. The van der Waals surface area contributed by atoms with Crippen LogP contribution in [0.4, 0.5) is 0 Å². The van der Waals surface area contributed by atoms with Crippen LogP contribution in [-0.4, -0.2) is 28.7 Å². The molecule has 0 radical (unpaired) electrons. The van der Waals surface area contributed by atoms with E-state index < -0.39 is 0 Å². The van der Waals surface area contributed by atoms with Crippen LogP contribution in [0.3, 0.4) is 0 Å². The molecule has 0 fully saturated rings. The lowest BCUT2D eigenvalue weighted by atomic mass is 10.0. The first kappa shape index (κ1) is 39.2. The highest BCUT2D eigenvalue weighted by Gasteiger charge is 2.29. The molecule has 13 aromatic rings. The molecule has 69 heavy (non-hydrogen) atoms. The summed E-state index contributed by atoms with van der Waals surface area (Å²) in [5.74, 6) is 1.52. The van der Waals surface area contributed by atoms with Crippen molar-refractivity contribution >= 4 is 65.4 Å². The third-order valence-corrected chi connectivity index (χ3v) is 13.2. The Kier molecular flexibility index (Phi) is 8.82. The molecule has 4 aromatic heterocycles. The molecule has 0 spiro atoms. The second-order valence-electron chi connectivity index (χ2n) is 16.9. The van der Waals surface area contributed by atoms with Gasteiger partial charge in [0.1, 0.15) is 6.07 Å². The van der Waals surface area contributed by atoms with Crippen molar-refractivity contribution in [3.8, 4) is 69.4 Å². The SMILES string of the molecule is N#Cc1ccc(-n2c3ccccc3c3c2c2c4ccccc4n(-c4ccc(-c5nc(-c6ccccc6)nc(-c6ccccc6)n5)cc4C#N)c2c2c4ccccc4n(-c4ccc(C#N)cc4)c32)cc1. The van der Waals surface area contributed by atoms with E-state index in [2.05, 4.69) is 98.6 Å². The minimum atomic E-state index is 0.440. The molecule has 0 saturated carbocycles. The van der Waals surface area contributed by atoms with E-state index in [0.29, 0.717) is 45.4 Å². The molecule has 13 rings (SSSR count). The van der Waals surface area contributed by atoms with Crippen LogP contribution in [0.25, 0.3) is 117 Å². The quantitative estimate of drug-likeness (QED) is 0.164. The first-order chi connectivity index (χ1) is 34.1. The molecule has 0 bridgehead atoms. The number of fused-ring (bicyclic) bond motifs is 12. The van der Waals surface area contributed by atoms with E-state index in [1.54, 1.807) is 0 Å². The zero-order chi connectivity index (χ0) is 46.2. The molecular formula is C60H33N9. The van der Waals surface area contributed by atoms with Gasteiger partial charge in [0.2, 0.25) is 0 Å². The molecule has 9 heteroatoms. The minimum Gasteiger partial charge on any atom is -0.308 e. The Hall–Kier alpha value is -10.1. The van der Waals surface area contributed by atoms with E-state index in [1.807, 2.05) is 133 Å². The van der Waals surface area contributed by atoms with Crippen molar-refractivity contribution in [2.45, 2.75) is 0 Å². The van der Waals surface area contributed by atoms with Gasteiger partial charge in [-0.15, -0.1) is 0 Å². The van der Waals surface area contributed by atoms with E-state index in [9.17, 15) is 15.8 Å². The van der Waals surface area contributed by atoms with Gasteiger partial charge in [0.05, 0.1) is 67.6 Å². The smallest absolute Gasteiger partial charge is 0.164 e. The molecule has 0 atom stereocenters. The van der Waals surface area contributed by atoms with Gasteiger partial charge in [-0.05, 0) is 84.9 Å². The van der Waals surface area contributed by atoms with Crippen molar-refractivity contribution in [2.24, 2.45) is 0 Å². The number of nitriles is 3. The largest absolute Gasteiger partial charge is 0.308 e. The Morgan fingerprint density at radius 1 is 0.333 bits per heavy atom. The molecule has 0 N–H and O–H groups in total. The monoisotopic (exact) mass is 879 g/mol. The fourth-order valence-electron chi connectivity index (χ4n) is 10.2. The van der Waals surface area contributed by atoms with Gasteiger partial charge in [-0.1, -0.05) is 115 Å². The fraction of sp³-hybridized carbons (Fsp3) is 0. The van der Waals surface area contributed by atoms with Crippen molar-refractivity contribution in [2.75, 3.05) is 0 Å². The highest BCUT2D eigenvalue weighted by atomic mass is 15.1. The number of hydrogen-bond acceptors (Lipinski definition) is 6. The molecule has 0 aliphatic rings. The lowest BCUT2D eigenvalue weighted by Crippen LogP contribution is -2.02. The van der Waals surface area contributed by atoms with Crippen LogP contribution in [0.1, 0.15) is 16.7 Å². The van der Waals surface area contributed by atoms with Gasteiger partial charge >= 0.3 is 0 Å². The summed E-state index contributed by atoms with van der Waals surface area (Å²) in [4.78, 5) is 14.9. The van der Waals surface area contributed by atoms with Gasteiger partial charge in [0.15, 0.2) is 17.5 Å². The van der Waals surface area contributed by atoms with Crippen molar-refractivity contribution in [1.29, 1.82) is 15.8 Å². The zero-order valence-electron chi connectivity index (χ0n) is 36.6. The van der Waals surface area contributed by atoms with Crippen LogP contribution in [0.5, 0.6) is 0 Å². The summed E-state index contributed by atoms with van der Waals surface area (Å²) in [7, 11) is 0. The molecule has 0 aliphatic carbocycles. The van der Waals surface area contributed by atoms with Gasteiger partial charge in [-0.25, -0.2) is 15.0 Å². The van der Waals surface area contributed by atoms with Crippen LogP contribution >= 0.6 is 0 Å². The summed E-state index contributed by atoms with van der Waals surface area (Å²) in [6, 6.07) is 73.6. The highest BCUT2D eigenvalue weighted by molar-refractivity contribution is 6.40. The number of benzene rings is 9. The van der Waals surface area contributed by atoms with E-state index in [-0.39, 0.29) is 0 Å². The molecule has 0 unspecified atom stereocenters. The van der Waals surface area contributed by atoms with Gasteiger partial charge in [-0.2, -0.15) is 15.8 Å². The summed E-state index contributed by atoms with van der Waals surface area (Å²) in [6.45, 7) is 0. The molecule has 9 nitrogen and oxygen atoms in total. The topological polar surface area (TPSA) is 125 Å². The number of para-hydroxylation sites is 3. The predicted octanol–water partition coefficient (Wildman–Crippen LogP) is 13.8. The Bertz CT molecular complexity index is 4220. The summed E-state index contributed by atoms with van der Waals surface area (Å²) in [5.41, 5.74) is 12.3. The van der Waals surface area contributed by atoms with E-state index in [0.717, 1.165) is 87.9 Å². The third kappa shape index (κ3) is 5.97. The van der Waals surface area contributed by atoms with E-state index in [4.69, 9.17) is 15.0 Å². The normalized spacial score (nSPS) is 11.4. The summed E-state index contributed by atoms with van der Waals surface area (Å²) >= 11 is 0. The molecule has 4 heterocycles. The van der Waals surface area contributed by atoms with Gasteiger partial charge in [0.25, 0.3) is 0 Å². The molecular weight excluding hydrogens is 847 g/mol. The van der Waals surface area contributed by atoms with Crippen molar-refractivity contribution < 1.29 is 0 Å². The summed E-state index contributed by atoms with van der Waals surface area (Å²) in [5, 5.41) is 37.2. The van der Waals surface area contributed by atoms with Crippen LogP contribution in [0.15, 0.2) is 200 Å². The van der Waals surface area contributed by atoms with Crippen LogP contribution in [0.2, 0.25) is 0 Å². The van der Waals surface area contributed by atoms with Crippen LogP contribution in [0, 0.1) is 34.0 Å². The van der Waals surface area contributed by atoms with Crippen LogP contribution in [-0.2, 0) is 0 Å². The number of rotatable bonds is 6. The Morgan fingerprint density at radius 3 is 1.13 bits per heavy atom. The average Bonchev–Trinajstić information content (AvgIpc) is 4.07. The molecule has 318 valence electrons. The van der Waals surface area contributed by atoms with Crippen molar-refractivity contribution in [3.63, 3.8) is 0 Å².